The maximum absolute atomic E-state index is 6.24. The molecular weight excluding hydrogens is 464 g/mol. The number of nitrogens with zero attached hydrogens (tertiary/aromatic N) is 4. The molecule has 0 saturated carbocycles. The number of anilines is 1. The van der Waals surface area contributed by atoms with Gasteiger partial charge in [-0.15, -0.1) is 11.3 Å². The van der Waals surface area contributed by atoms with Crippen LogP contribution in [-0.4, -0.2) is 48.2 Å². The average molecular weight is 493 g/mol. The zero-order valence-electron chi connectivity index (χ0n) is 19.6. The predicted octanol–water partition coefficient (Wildman–Crippen LogP) is 5.83. The highest BCUT2D eigenvalue weighted by Crippen LogP contribution is 2.33. The molecule has 0 radical (unpaired) electrons. The summed E-state index contributed by atoms with van der Waals surface area (Å²) in [5, 5.41) is 1.93. The van der Waals surface area contributed by atoms with Crippen LogP contribution in [0.3, 0.4) is 0 Å². The SMILES string of the molecule is CCc1cc2c(N3CCN(Cc4cc(Cl)ccc4OC)CC3)nc(Cc3ccccc3)nc2s1. The molecular formula is C27H29ClN4OS. The van der Waals surface area contributed by atoms with Gasteiger partial charge in [-0.2, -0.15) is 0 Å². The van der Waals surface area contributed by atoms with E-state index in [1.54, 1.807) is 18.4 Å². The molecule has 4 aromatic rings. The van der Waals surface area contributed by atoms with Crippen molar-refractivity contribution in [2.45, 2.75) is 26.3 Å². The van der Waals surface area contributed by atoms with Gasteiger partial charge in [0.05, 0.1) is 12.5 Å². The second-order valence-electron chi connectivity index (χ2n) is 8.63. The first kappa shape index (κ1) is 23.1. The van der Waals surface area contributed by atoms with Crippen molar-refractivity contribution < 1.29 is 4.74 Å². The van der Waals surface area contributed by atoms with Crippen LogP contribution >= 0.6 is 22.9 Å². The number of aromatic nitrogens is 2. The summed E-state index contributed by atoms with van der Waals surface area (Å²) in [5.74, 6) is 2.86. The Balaban J connectivity index is 1.37. The van der Waals surface area contributed by atoms with Crippen LogP contribution in [0.2, 0.25) is 5.02 Å². The number of fused-ring (bicyclic) bond motifs is 1. The van der Waals surface area contributed by atoms with E-state index in [-0.39, 0.29) is 0 Å². The number of rotatable bonds is 7. The molecule has 5 rings (SSSR count). The van der Waals surface area contributed by atoms with Crippen molar-refractivity contribution in [1.82, 2.24) is 14.9 Å². The number of ether oxygens (including phenoxy) is 1. The summed E-state index contributed by atoms with van der Waals surface area (Å²) in [5.41, 5.74) is 2.36. The summed E-state index contributed by atoms with van der Waals surface area (Å²) in [7, 11) is 1.71. The van der Waals surface area contributed by atoms with Crippen molar-refractivity contribution in [2.24, 2.45) is 0 Å². The molecule has 1 aliphatic rings. The van der Waals surface area contributed by atoms with Gasteiger partial charge in [-0.3, -0.25) is 4.90 Å². The molecule has 1 fully saturated rings. The van der Waals surface area contributed by atoms with E-state index in [0.29, 0.717) is 0 Å². The lowest BCUT2D eigenvalue weighted by atomic mass is 10.1. The minimum Gasteiger partial charge on any atom is -0.496 e. The predicted molar refractivity (Wildman–Crippen MR) is 142 cm³/mol. The van der Waals surface area contributed by atoms with Crippen molar-refractivity contribution in [2.75, 3.05) is 38.2 Å². The number of aryl methyl sites for hydroxylation is 1. The van der Waals surface area contributed by atoms with Gasteiger partial charge in [0, 0.05) is 54.6 Å². The molecule has 0 N–H and O–H groups in total. The van der Waals surface area contributed by atoms with Gasteiger partial charge in [-0.05, 0) is 36.2 Å². The second kappa shape index (κ2) is 10.3. The minimum absolute atomic E-state index is 0.743. The smallest absolute Gasteiger partial charge is 0.141 e. The fourth-order valence-electron chi connectivity index (χ4n) is 4.50. The summed E-state index contributed by atoms with van der Waals surface area (Å²) in [4.78, 5) is 17.4. The number of hydrogen-bond acceptors (Lipinski definition) is 6. The number of piperazine rings is 1. The maximum atomic E-state index is 6.24. The lowest BCUT2D eigenvalue weighted by molar-refractivity contribution is 0.245. The van der Waals surface area contributed by atoms with Crippen LogP contribution in [0, 0.1) is 0 Å². The molecule has 34 heavy (non-hydrogen) atoms. The van der Waals surface area contributed by atoms with Crippen LogP contribution in [0.4, 0.5) is 5.82 Å². The summed E-state index contributed by atoms with van der Waals surface area (Å²) in [6.45, 7) is 6.80. The average Bonchev–Trinajstić information content (AvgIpc) is 3.28. The van der Waals surface area contributed by atoms with Crippen molar-refractivity contribution in [1.29, 1.82) is 0 Å². The van der Waals surface area contributed by atoms with Crippen molar-refractivity contribution in [3.8, 4) is 5.75 Å². The lowest BCUT2D eigenvalue weighted by Gasteiger charge is -2.36. The molecule has 3 heterocycles. The van der Waals surface area contributed by atoms with Crippen LogP contribution in [0.15, 0.2) is 54.6 Å². The number of thiophene rings is 1. The molecule has 0 atom stereocenters. The molecule has 7 heteroatoms. The van der Waals surface area contributed by atoms with Crippen LogP contribution in [0.25, 0.3) is 10.2 Å². The van der Waals surface area contributed by atoms with Gasteiger partial charge in [-0.25, -0.2) is 9.97 Å². The Morgan fingerprint density at radius 2 is 1.79 bits per heavy atom. The molecule has 5 nitrogen and oxygen atoms in total. The number of methoxy groups -OCH3 is 1. The first-order valence-electron chi connectivity index (χ1n) is 11.8. The van der Waals surface area contributed by atoms with Gasteiger partial charge < -0.3 is 9.64 Å². The van der Waals surface area contributed by atoms with E-state index in [9.17, 15) is 0 Å². The Bertz CT molecular complexity index is 1270. The quantitative estimate of drug-likeness (QED) is 0.324. The molecule has 2 aromatic heterocycles. The maximum Gasteiger partial charge on any atom is 0.141 e. The van der Waals surface area contributed by atoms with Gasteiger partial charge in [0.25, 0.3) is 0 Å². The van der Waals surface area contributed by atoms with E-state index in [1.165, 1.54) is 15.8 Å². The fraction of sp³-hybridized carbons (Fsp3) is 0.333. The second-order valence-corrected chi connectivity index (χ2v) is 10.2. The van der Waals surface area contributed by atoms with Crippen LogP contribution in [-0.2, 0) is 19.4 Å². The van der Waals surface area contributed by atoms with E-state index in [2.05, 4.69) is 47.1 Å². The van der Waals surface area contributed by atoms with E-state index in [1.807, 2.05) is 24.3 Å². The Morgan fingerprint density at radius 1 is 1.00 bits per heavy atom. The highest BCUT2D eigenvalue weighted by Gasteiger charge is 2.23. The third kappa shape index (κ3) is 5.04. The van der Waals surface area contributed by atoms with E-state index in [4.69, 9.17) is 26.3 Å². The van der Waals surface area contributed by atoms with Gasteiger partial charge >= 0.3 is 0 Å². The monoisotopic (exact) mass is 492 g/mol. The van der Waals surface area contributed by atoms with Crippen molar-refractivity contribution in [3.05, 3.63) is 81.4 Å². The number of benzene rings is 2. The zero-order chi connectivity index (χ0) is 23.5. The topological polar surface area (TPSA) is 41.5 Å². The van der Waals surface area contributed by atoms with Gasteiger partial charge in [0.1, 0.15) is 22.2 Å². The molecule has 176 valence electrons. The summed E-state index contributed by atoms with van der Waals surface area (Å²) in [6.07, 6.45) is 1.77. The van der Waals surface area contributed by atoms with Crippen LogP contribution < -0.4 is 9.64 Å². The highest BCUT2D eigenvalue weighted by molar-refractivity contribution is 7.18. The first-order chi connectivity index (χ1) is 16.6. The Morgan fingerprint density at radius 3 is 2.53 bits per heavy atom. The number of halogens is 1. The summed E-state index contributed by atoms with van der Waals surface area (Å²) < 4.78 is 5.54. The molecule has 0 bridgehead atoms. The Hall–Kier alpha value is -2.67. The largest absolute Gasteiger partial charge is 0.496 e. The lowest BCUT2D eigenvalue weighted by Crippen LogP contribution is -2.46. The zero-order valence-corrected chi connectivity index (χ0v) is 21.2. The summed E-state index contributed by atoms with van der Waals surface area (Å²) >= 11 is 8.03. The molecule has 0 aliphatic carbocycles. The van der Waals surface area contributed by atoms with Crippen molar-refractivity contribution >= 4 is 39.0 Å². The molecule has 1 aliphatic heterocycles. The van der Waals surface area contributed by atoms with Gasteiger partial charge in [0.15, 0.2) is 0 Å². The third-order valence-electron chi connectivity index (χ3n) is 6.33. The molecule has 1 saturated heterocycles. The fourth-order valence-corrected chi connectivity index (χ4v) is 5.68. The standard InChI is InChI=1S/C27H29ClN4OS/c1-3-22-17-23-26(29-25(30-27(23)34-22)15-19-7-5-4-6-8-19)32-13-11-31(12-14-32)18-20-16-21(28)9-10-24(20)33-2/h4-10,16-17H,3,11-15,18H2,1-2H3. The third-order valence-corrected chi connectivity index (χ3v) is 7.74. The van der Waals surface area contributed by atoms with Crippen LogP contribution in [0.5, 0.6) is 5.75 Å². The molecule has 2 aromatic carbocycles. The van der Waals surface area contributed by atoms with E-state index >= 15 is 0 Å². The molecule has 0 amide bonds. The van der Waals surface area contributed by atoms with Gasteiger partial charge in [-0.1, -0.05) is 48.9 Å². The molecule has 0 unspecified atom stereocenters. The Kier molecular flexibility index (Phi) is 6.99. The Labute approximate surface area is 210 Å². The van der Waals surface area contributed by atoms with Crippen LogP contribution in [0.1, 0.15) is 28.8 Å². The summed E-state index contributed by atoms with van der Waals surface area (Å²) in [6, 6.07) is 18.6. The van der Waals surface area contributed by atoms with Crippen molar-refractivity contribution in [3.63, 3.8) is 0 Å². The molecule has 0 spiro atoms. The number of hydrogen-bond donors (Lipinski definition) is 0. The minimum atomic E-state index is 0.743. The van der Waals surface area contributed by atoms with E-state index < -0.39 is 0 Å². The normalized spacial score (nSPS) is 14.6. The highest BCUT2D eigenvalue weighted by atomic mass is 35.5. The van der Waals surface area contributed by atoms with Gasteiger partial charge in [0.2, 0.25) is 0 Å². The first-order valence-corrected chi connectivity index (χ1v) is 13.0. The van der Waals surface area contributed by atoms with E-state index in [0.717, 1.165) is 78.4 Å².